The number of ether oxygens (including phenoxy) is 1. The van der Waals surface area contributed by atoms with Crippen molar-refractivity contribution in [2.24, 2.45) is 0 Å². The first kappa shape index (κ1) is 17.6. The topological polar surface area (TPSA) is 118 Å². The number of hydrogen-bond acceptors (Lipinski definition) is 5. The molecule has 120 valence electrons. The summed E-state index contributed by atoms with van der Waals surface area (Å²) in [5.74, 6) is -3.75. The van der Waals surface area contributed by atoms with E-state index in [1.807, 2.05) is 0 Å². The SMILES string of the molecule is CS(=O)(=O)c1cc(F)cc(OCC/C(=C\C(=O)O)C(=O)O)c1. The summed E-state index contributed by atoms with van der Waals surface area (Å²) < 4.78 is 41.1. The van der Waals surface area contributed by atoms with Crippen molar-refractivity contribution in [1.29, 1.82) is 0 Å². The van der Waals surface area contributed by atoms with Crippen molar-refractivity contribution < 1.29 is 37.3 Å². The van der Waals surface area contributed by atoms with Gasteiger partial charge in [0.2, 0.25) is 0 Å². The van der Waals surface area contributed by atoms with Gasteiger partial charge < -0.3 is 14.9 Å². The average molecular weight is 332 g/mol. The van der Waals surface area contributed by atoms with E-state index >= 15 is 0 Å². The molecule has 0 aliphatic carbocycles. The van der Waals surface area contributed by atoms with Gasteiger partial charge in [-0.2, -0.15) is 0 Å². The lowest BCUT2D eigenvalue weighted by Crippen LogP contribution is -2.09. The standard InChI is InChI=1S/C13H13FO7S/c1-22(19,20)11-6-9(14)5-10(7-11)21-3-2-8(13(17)18)4-12(15)16/h4-7H,2-3H2,1H3,(H,15,16)(H,17,18)/b8-4+. The molecule has 0 bridgehead atoms. The van der Waals surface area contributed by atoms with Crippen LogP contribution < -0.4 is 4.74 Å². The van der Waals surface area contributed by atoms with Gasteiger partial charge in [-0.3, -0.25) is 0 Å². The van der Waals surface area contributed by atoms with Crippen molar-refractivity contribution in [1.82, 2.24) is 0 Å². The third-order valence-electron chi connectivity index (χ3n) is 2.49. The summed E-state index contributed by atoms with van der Waals surface area (Å²) in [5, 5.41) is 17.3. The third kappa shape index (κ3) is 5.52. The van der Waals surface area contributed by atoms with Crippen LogP contribution in [0.4, 0.5) is 4.39 Å². The van der Waals surface area contributed by atoms with Crippen LogP contribution in [0.5, 0.6) is 5.75 Å². The Kier molecular flexibility index (Phi) is 5.63. The van der Waals surface area contributed by atoms with E-state index in [9.17, 15) is 22.4 Å². The zero-order valence-corrected chi connectivity index (χ0v) is 12.3. The molecule has 0 atom stereocenters. The minimum atomic E-state index is -3.62. The summed E-state index contributed by atoms with van der Waals surface area (Å²) in [7, 11) is -3.62. The highest BCUT2D eigenvalue weighted by Crippen LogP contribution is 2.20. The van der Waals surface area contributed by atoms with Crippen LogP contribution in [0, 0.1) is 5.82 Å². The van der Waals surface area contributed by atoms with Crippen LogP contribution in [0.1, 0.15) is 6.42 Å². The Morgan fingerprint density at radius 3 is 2.41 bits per heavy atom. The fraction of sp³-hybridized carbons (Fsp3) is 0.231. The summed E-state index contributed by atoms with van der Waals surface area (Å²) in [6.07, 6.45) is 1.19. The molecule has 1 aromatic rings. The van der Waals surface area contributed by atoms with E-state index < -0.39 is 33.2 Å². The maximum Gasteiger partial charge on any atom is 0.331 e. The molecule has 0 radical (unpaired) electrons. The molecule has 9 heteroatoms. The fourth-order valence-corrected chi connectivity index (χ4v) is 2.16. The highest BCUT2D eigenvalue weighted by Gasteiger charge is 2.13. The van der Waals surface area contributed by atoms with Crippen LogP contribution in [0.3, 0.4) is 0 Å². The number of carbonyl (C=O) groups is 2. The molecular formula is C13H13FO7S. The summed E-state index contributed by atoms with van der Waals surface area (Å²) in [6.45, 7) is -0.252. The molecule has 0 saturated heterocycles. The minimum Gasteiger partial charge on any atom is -0.493 e. The number of hydrogen-bond donors (Lipinski definition) is 2. The van der Waals surface area contributed by atoms with Gasteiger partial charge in [-0.15, -0.1) is 0 Å². The number of carboxylic acids is 2. The van der Waals surface area contributed by atoms with E-state index in [-0.39, 0.29) is 23.7 Å². The number of rotatable bonds is 7. The number of halogens is 1. The van der Waals surface area contributed by atoms with E-state index in [4.69, 9.17) is 14.9 Å². The quantitative estimate of drug-likeness (QED) is 0.718. The minimum absolute atomic E-state index is 0.0968. The van der Waals surface area contributed by atoms with Crippen LogP contribution in [0.15, 0.2) is 34.7 Å². The summed E-state index contributed by atoms with van der Waals surface area (Å²) >= 11 is 0. The van der Waals surface area contributed by atoms with E-state index in [0.717, 1.165) is 24.5 Å². The van der Waals surface area contributed by atoms with Crippen molar-refractivity contribution in [3.05, 3.63) is 35.7 Å². The van der Waals surface area contributed by atoms with Crippen molar-refractivity contribution in [3.63, 3.8) is 0 Å². The van der Waals surface area contributed by atoms with Crippen molar-refractivity contribution >= 4 is 21.8 Å². The molecule has 0 unspecified atom stereocenters. The zero-order valence-electron chi connectivity index (χ0n) is 11.4. The van der Waals surface area contributed by atoms with Crippen LogP contribution in [-0.2, 0) is 19.4 Å². The molecule has 0 spiro atoms. The predicted octanol–water partition coefficient (Wildman–Crippen LogP) is 1.09. The largest absolute Gasteiger partial charge is 0.493 e. The van der Waals surface area contributed by atoms with E-state index in [1.165, 1.54) is 0 Å². The molecule has 0 aromatic heterocycles. The second kappa shape index (κ2) is 7.03. The second-order valence-corrected chi connectivity index (χ2v) is 6.32. The molecule has 22 heavy (non-hydrogen) atoms. The first-order valence-corrected chi connectivity index (χ1v) is 7.79. The van der Waals surface area contributed by atoms with Crippen molar-refractivity contribution in [2.45, 2.75) is 11.3 Å². The highest BCUT2D eigenvalue weighted by atomic mass is 32.2. The Hall–Kier alpha value is -2.42. The van der Waals surface area contributed by atoms with Gasteiger partial charge in [0.05, 0.1) is 11.5 Å². The molecule has 0 heterocycles. The van der Waals surface area contributed by atoms with E-state index in [1.54, 1.807) is 0 Å². The van der Waals surface area contributed by atoms with E-state index in [2.05, 4.69) is 0 Å². The molecule has 0 aliphatic heterocycles. The number of benzene rings is 1. The third-order valence-corrected chi connectivity index (χ3v) is 3.58. The lowest BCUT2D eigenvalue weighted by molar-refractivity contribution is -0.135. The van der Waals surface area contributed by atoms with Gasteiger partial charge >= 0.3 is 11.9 Å². The van der Waals surface area contributed by atoms with Gasteiger partial charge in [-0.05, 0) is 12.1 Å². The molecule has 0 saturated carbocycles. The smallest absolute Gasteiger partial charge is 0.331 e. The summed E-state index contributed by atoms with van der Waals surface area (Å²) in [5.41, 5.74) is -0.396. The Balaban J connectivity index is 2.83. The van der Waals surface area contributed by atoms with Gasteiger partial charge in [0.1, 0.15) is 11.6 Å². The molecule has 1 aromatic carbocycles. The maximum atomic E-state index is 13.3. The second-order valence-electron chi connectivity index (χ2n) is 4.31. The van der Waals surface area contributed by atoms with Crippen LogP contribution in [-0.4, -0.2) is 43.4 Å². The average Bonchev–Trinajstić information content (AvgIpc) is 2.35. The zero-order chi connectivity index (χ0) is 16.9. The van der Waals surface area contributed by atoms with Crippen LogP contribution in [0.2, 0.25) is 0 Å². The molecule has 0 fully saturated rings. The van der Waals surface area contributed by atoms with Crippen LogP contribution in [0.25, 0.3) is 0 Å². The Morgan fingerprint density at radius 1 is 1.27 bits per heavy atom. The first-order chi connectivity index (χ1) is 10.1. The molecule has 2 N–H and O–H groups in total. The lowest BCUT2D eigenvalue weighted by Gasteiger charge is -2.08. The molecule has 7 nitrogen and oxygen atoms in total. The summed E-state index contributed by atoms with van der Waals surface area (Å²) in [4.78, 5) is 21.0. The van der Waals surface area contributed by atoms with Gasteiger partial charge in [-0.1, -0.05) is 0 Å². The van der Waals surface area contributed by atoms with Gasteiger partial charge in [0, 0.05) is 30.4 Å². The Labute approximate surface area is 125 Å². The first-order valence-electron chi connectivity index (χ1n) is 5.90. The number of carboxylic acid groups (broad SMARTS) is 2. The van der Waals surface area contributed by atoms with Gasteiger partial charge in [0.15, 0.2) is 9.84 Å². The Morgan fingerprint density at radius 2 is 1.91 bits per heavy atom. The van der Waals surface area contributed by atoms with E-state index in [0.29, 0.717) is 6.08 Å². The highest BCUT2D eigenvalue weighted by molar-refractivity contribution is 7.90. The molecular weight excluding hydrogens is 319 g/mol. The molecule has 0 amide bonds. The lowest BCUT2D eigenvalue weighted by atomic mass is 10.2. The van der Waals surface area contributed by atoms with Crippen molar-refractivity contribution in [2.75, 3.05) is 12.9 Å². The van der Waals surface area contributed by atoms with Gasteiger partial charge in [-0.25, -0.2) is 22.4 Å². The monoisotopic (exact) mass is 332 g/mol. The van der Waals surface area contributed by atoms with Gasteiger partial charge in [0.25, 0.3) is 0 Å². The Bertz CT molecular complexity index is 722. The number of sulfone groups is 1. The molecule has 0 aliphatic rings. The van der Waals surface area contributed by atoms with Crippen molar-refractivity contribution in [3.8, 4) is 5.75 Å². The maximum absolute atomic E-state index is 13.3. The fourth-order valence-electron chi connectivity index (χ4n) is 1.50. The summed E-state index contributed by atoms with van der Waals surface area (Å²) in [6, 6.07) is 2.87. The normalized spacial score (nSPS) is 12.0. The predicted molar refractivity (Wildman–Crippen MR) is 73.0 cm³/mol. The number of aliphatic carboxylic acids is 2. The van der Waals surface area contributed by atoms with Crippen LogP contribution >= 0.6 is 0 Å². The molecule has 1 rings (SSSR count).